The maximum Gasteiger partial charge on any atom is 0.407 e. The minimum Gasteiger partial charge on any atom is -0.465 e. The van der Waals surface area contributed by atoms with Crippen LogP contribution in [0.4, 0.5) is 9.59 Å². The molecule has 3 fully saturated rings. The van der Waals surface area contributed by atoms with Crippen molar-refractivity contribution >= 4 is 12.1 Å². The molecule has 2 saturated heterocycles. The van der Waals surface area contributed by atoms with Crippen LogP contribution in [-0.2, 0) is 0 Å². The fourth-order valence-electron chi connectivity index (χ4n) is 2.88. The van der Waals surface area contributed by atoms with Crippen LogP contribution in [0.15, 0.2) is 0 Å². The molecule has 0 spiro atoms. The molecule has 0 radical (unpaired) electrons. The van der Waals surface area contributed by atoms with Crippen molar-refractivity contribution in [1.29, 1.82) is 0 Å². The molecule has 2 aliphatic heterocycles. The molecule has 82 valence electrons. The average Bonchev–Trinajstić information content (AvgIpc) is 2.63. The maximum absolute atomic E-state index is 11.4. The highest BCUT2D eigenvalue weighted by atomic mass is 16.4. The van der Waals surface area contributed by atoms with E-state index in [0.717, 1.165) is 13.1 Å². The van der Waals surface area contributed by atoms with Crippen LogP contribution in [-0.4, -0.2) is 59.3 Å². The number of hydrogen-bond donors (Lipinski definition) is 2. The van der Waals surface area contributed by atoms with Gasteiger partial charge in [0.15, 0.2) is 0 Å². The molecule has 1 aliphatic carbocycles. The number of hydrogen-bond acceptors (Lipinski definition) is 2. The van der Waals surface area contributed by atoms with Crippen molar-refractivity contribution in [2.75, 3.05) is 26.2 Å². The second kappa shape index (κ2) is 2.77. The third kappa shape index (κ3) is 1.17. The summed E-state index contributed by atoms with van der Waals surface area (Å²) in [5.74, 6) is 0.759. The van der Waals surface area contributed by atoms with Crippen molar-refractivity contribution < 1.29 is 14.7 Å². The van der Waals surface area contributed by atoms with Gasteiger partial charge in [0, 0.05) is 44.1 Å². The summed E-state index contributed by atoms with van der Waals surface area (Å²) >= 11 is 0. The number of nitrogens with one attached hydrogen (secondary N) is 1. The van der Waals surface area contributed by atoms with Crippen molar-refractivity contribution in [2.45, 2.75) is 6.04 Å². The smallest absolute Gasteiger partial charge is 0.407 e. The van der Waals surface area contributed by atoms with E-state index in [4.69, 9.17) is 5.11 Å². The number of amides is 3. The number of carbonyl (C=O) groups is 2. The van der Waals surface area contributed by atoms with Crippen LogP contribution in [0.1, 0.15) is 0 Å². The lowest BCUT2D eigenvalue weighted by atomic mass is 10.3. The molecular weight excluding hydrogens is 198 g/mol. The fourth-order valence-corrected chi connectivity index (χ4v) is 2.88. The summed E-state index contributed by atoms with van der Waals surface area (Å²) in [5.41, 5.74) is 0. The van der Waals surface area contributed by atoms with Gasteiger partial charge in [-0.2, -0.15) is 0 Å². The van der Waals surface area contributed by atoms with Gasteiger partial charge in [-0.15, -0.1) is 0 Å². The second-order valence-electron chi connectivity index (χ2n) is 4.43. The van der Waals surface area contributed by atoms with Gasteiger partial charge in [-0.3, -0.25) is 0 Å². The molecule has 0 aromatic heterocycles. The van der Waals surface area contributed by atoms with E-state index in [1.807, 2.05) is 4.90 Å². The highest BCUT2D eigenvalue weighted by Crippen LogP contribution is 2.49. The molecule has 0 aromatic carbocycles. The monoisotopic (exact) mass is 211 g/mol. The van der Waals surface area contributed by atoms with E-state index in [1.54, 1.807) is 0 Å². The first-order chi connectivity index (χ1) is 7.18. The normalized spacial score (nSPS) is 37.9. The van der Waals surface area contributed by atoms with Crippen LogP contribution < -0.4 is 5.32 Å². The van der Waals surface area contributed by atoms with E-state index >= 15 is 0 Å². The van der Waals surface area contributed by atoms with Gasteiger partial charge in [0.1, 0.15) is 0 Å². The van der Waals surface area contributed by atoms with Gasteiger partial charge in [0.05, 0.1) is 0 Å². The number of rotatable bonds is 1. The quantitative estimate of drug-likeness (QED) is 0.621. The molecule has 0 bridgehead atoms. The first kappa shape index (κ1) is 8.82. The number of likely N-dealkylation sites (tertiary alicyclic amines) is 1. The number of carboxylic acid groups (broad SMARTS) is 1. The van der Waals surface area contributed by atoms with Gasteiger partial charge in [-0.1, -0.05) is 0 Å². The minimum absolute atomic E-state index is 0.0104. The van der Waals surface area contributed by atoms with Gasteiger partial charge < -0.3 is 20.2 Å². The molecule has 2 unspecified atom stereocenters. The van der Waals surface area contributed by atoms with E-state index in [1.165, 1.54) is 4.90 Å². The highest BCUT2D eigenvalue weighted by molar-refractivity contribution is 5.77. The Balaban J connectivity index is 1.63. The van der Waals surface area contributed by atoms with Crippen LogP contribution >= 0.6 is 0 Å². The van der Waals surface area contributed by atoms with Gasteiger partial charge in [0.2, 0.25) is 0 Å². The number of piperidine rings is 1. The maximum atomic E-state index is 11.4. The molecule has 2 atom stereocenters. The first-order valence-electron chi connectivity index (χ1n) is 5.21. The SMILES string of the molecule is O=C(O)N1CC2C(C1)C2N1CCNC1=O. The largest absolute Gasteiger partial charge is 0.465 e. The van der Waals surface area contributed by atoms with Crippen LogP contribution in [0.3, 0.4) is 0 Å². The van der Waals surface area contributed by atoms with E-state index in [-0.39, 0.29) is 6.03 Å². The van der Waals surface area contributed by atoms with Crippen LogP contribution in [0, 0.1) is 11.8 Å². The van der Waals surface area contributed by atoms with Crippen molar-refractivity contribution in [1.82, 2.24) is 15.1 Å². The predicted molar refractivity (Wildman–Crippen MR) is 50.5 cm³/mol. The standard InChI is InChI=1S/C9H13N3O3/c13-8-10-1-2-12(8)7-5-3-11(9(14)15)4-6(5)7/h5-7H,1-4H2,(H,10,13)(H,14,15). The molecule has 3 rings (SSSR count). The summed E-state index contributed by atoms with van der Waals surface area (Å²) < 4.78 is 0. The van der Waals surface area contributed by atoms with Crippen molar-refractivity contribution in [3.05, 3.63) is 0 Å². The molecule has 2 N–H and O–H groups in total. The van der Waals surface area contributed by atoms with Gasteiger partial charge in [0.25, 0.3) is 0 Å². The molecular formula is C9H13N3O3. The molecule has 3 amide bonds. The Hall–Kier alpha value is -1.46. The highest BCUT2D eigenvalue weighted by Gasteiger charge is 2.60. The summed E-state index contributed by atoms with van der Waals surface area (Å²) in [7, 11) is 0. The Morgan fingerprint density at radius 3 is 2.53 bits per heavy atom. The van der Waals surface area contributed by atoms with Crippen LogP contribution in [0.2, 0.25) is 0 Å². The summed E-state index contributed by atoms with van der Waals surface area (Å²) in [4.78, 5) is 25.4. The second-order valence-corrected chi connectivity index (χ2v) is 4.43. The van der Waals surface area contributed by atoms with Gasteiger partial charge in [-0.05, 0) is 0 Å². The van der Waals surface area contributed by atoms with E-state index in [9.17, 15) is 9.59 Å². The molecule has 6 heteroatoms. The Kier molecular flexibility index (Phi) is 1.63. The predicted octanol–water partition coefficient (Wildman–Crippen LogP) is -0.380. The Morgan fingerprint density at radius 2 is 2.07 bits per heavy atom. The molecule has 2 heterocycles. The lowest BCUT2D eigenvalue weighted by molar-refractivity contribution is 0.145. The fraction of sp³-hybridized carbons (Fsp3) is 0.778. The van der Waals surface area contributed by atoms with E-state index in [2.05, 4.69) is 5.32 Å². The lowest BCUT2D eigenvalue weighted by Crippen LogP contribution is -2.38. The van der Waals surface area contributed by atoms with E-state index in [0.29, 0.717) is 31.0 Å². The molecule has 3 aliphatic rings. The van der Waals surface area contributed by atoms with E-state index < -0.39 is 6.09 Å². The molecule has 0 aromatic rings. The number of nitrogens with zero attached hydrogens (tertiary/aromatic N) is 2. The summed E-state index contributed by atoms with van der Waals surface area (Å²) in [6, 6.07) is 0.305. The van der Waals surface area contributed by atoms with Gasteiger partial charge >= 0.3 is 12.1 Å². The molecule has 1 saturated carbocycles. The summed E-state index contributed by atoms with van der Waals surface area (Å²) in [5, 5.41) is 11.6. The van der Waals surface area contributed by atoms with Crippen LogP contribution in [0.5, 0.6) is 0 Å². The van der Waals surface area contributed by atoms with Gasteiger partial charge in [-0.25, -0.2) is 9.59 Å². The van der Waals surface area contributed by atoms with Crippen LogP contribution in [0.25, 0.3) is 0 Å². The lowest BCUT2D eigenvalue weighted by Gasteiger charge is -2.21. The summed E-state index contributed by atoms with van der Waals surface area (Å²) in [6.07, 6.45) is -0.841. The molecule has 6 nitrogen and oxygen atoms in total. The summed E-state index contributed by atoms with van der Waals surface area (Å²) in [6.45, 7) is 2.67. The third-order valence-electron chi connectivity index (χ3n) is 3.67. The molecule has 15 heavy (non-hydrogen) atoms. The Labute approximate surface area is 86.8 Å². The number of carbonyl (C=O) groups excluding carboxylic acids is 1. The Morgan fingerprint density at radius 1 is 1.40 bits per heavy atom. The van der Waals surface area contributed by atoms with Crippen molar-refractivity contribution in [2.24, 2.45) is 11.8 Å². The topological polar surface area (TPSA) is 72.9 Å². The zero-order valence-corrected chi connectivity index (χ0v) is 8.22. The Bertz CT molecular complexity index is 321. The van der Waals surface area contributed by atoms with Crippen molar-refractivity contribution in [3.8, 4) is 0 Å². The zero-order chi connectivity index (χ0) is 10.6. The average molecular weight is 211 g/mol. The first-order valence-corrected chi connectivity index (χ1v) is 5.21. The minimum atomic E-state index is -0.841. The number of fused-ring (bicyclic) bond motifs is 1. The third-order valence-corrected chi connectivity index (χ3v) is 3.67. The zero-order valence-electron chi connectivity index (χ0n) is 8.22. The van der Waals surface area contributed by atoms with Crippen molar-refractivity contribution in [3.63, 3.8) is 0 Å². The number of urea groups is 1.